The van der Waals surface area contributed by atoms with Crippen LogP contribution in [0, 0.1) is 0 Å². The summed E-state index contributed by atoms with van der Waals surface area (Å²) in [6.07, 6.45) is 0.811. The molecule has 0 radical (unpaired) electrons. The molecule has 2 heterocycles. The highest BCUT2D eigenvalue weighted by molar-refractivity contribution is 6.08. The molecule has 4 rings (SSSR count). The molecule has 33 heavy (non-hydrogen) atoms. The maximum Gasteiger partial charge on any atom is 0.416 e. The van der Waals surface area contributed by atoms with Crippen molar-refractivity contribution in [1.29, 1.82) is 0 Å². The van der Waals surface area contributed by atoms with E-state index in [4.69, 9.17) is 0 Å². The lowest BCUT2D eigenvalue weighted by molar-refractivity contribution is -0.137. The van der Waals surface area contributed by atoms with Gasteiger partial charge in [-0.25, -0.2) is 14.8 Å². The summed E-state index contributed by atoms with van der Waals surface area (Å²) in [6.45, 7) is 0. The molecule has 0 fully saturated rings. The van der Waals surface area contributed by atoms with Gasteiger partial charge in [0, 0.05) is 23.5 Å². The summed E-state index contributed by atoms with van der Waals surface area (Å²) >= 11 is 0. The van der Waals surface area contributed by atoms with Gasteiger partial charge in [0.25, 0.3) is 0 Å². The zero-order valence-corrected chi connectivity index (χ0v) is 16.7. The molecule has 2 aromatic heterocycles. The van der Waals surface area contributed by atoms with Crippen LogP contribution in [0.3, 0.4) is 0 Å². The van der Waals surface area contributed by atoms with Crippen LogP contribution in [0.15, 0.2) is 67.1 Å². The maximum absolute atomic E-state index is 12.6. The summed E-state index contributed by atoms with van der Waals surface area (Å²) in [5.41, 5.74) is 1.43. The van der Waals surface area contributed by atoms with E-state index in [1.54, 1.807) is 24.3 Å². The first-order valence-corrected chi connectivity index (χ1v) is 9.54. The number of carbonyl (C=O) groups is 2. The lowest BCUT2D eigenvalue weighted by atomic mass is 10.1. The van der Waals surface area contributed by atoms with E-state index in [1.165, 1.54) is 36.8 Å². The first kappa shape index (κ1) is 21.8. The van der Waals surface area contributed by atoms with Crippen LogP contribution in [-0.2, 0) is 11.0 Å². The number of aromatic nitrogens is 3. The maximum atomic E-state index is 12.6. The van der Waals surface area contributed by atoms with Crippen molar-refractivity contribution in [3.8, 4) is 11.3 Å². The molecule has 0 aliphatic heterocycles. The van der Waals surface area contributed by atoms with Gasteiger partial charge in [-0.05, 0) is 35.9 Å². The number of H-pyrrole nitrogens is 1. The number of alkyl halides is 3. The number of rotatable bonds is 5. The Bertz CT molecular complexity index is 1380. The predicted octanol–water partition coefficient (Wildman–Crippen LogP) is 4.99. The van der Waals surface area contributed by atoms with Gasteiger partial charge in [0.15, 0.2) is 0 Å². The minimum absolute atomic E-state index is 0.0227. The molecule has 10 heteroatoms. The third kappa shape index (κ3) is 4.74. The van der Waals surface area contributed by atoms with Gasteiger partial charge in [0.2, 0.25) is 5.91 Å². The van der Waals surface area contributed by atoms with Gasteiger partial charge in [-0.2, -0.15) is 13.2 Å². The number of aromatic carboxylic acids is 1. The predicted molar refractivity (Wildman–Crippen MR) is 115 cm³/mol. The molecule has 0 spiro atoms. The van der Waals surface area contributed by atoms with E-state index in [2.05, 4.69) is 20.3 Å². The Labute approximate surface area is 184 Å². The van der Waals surface area contributed by atoms with E-state index in [0.29, 0.717) is 33.5 Å². The number of fused-ring (bicyclic) bond motifs is 1. The average molecular weight is 452 g/mol. The number of carboxylic acids is 1. The van der Waals surface area contributed by atoms with E-state index in [1.807, 2.05) is 0 Å². The third-order valence-corrected chi connectivity index (χ3v) is 4.77. The molecule has 0 bridgehead atoms. The van der Waals surface area contributed by atoms with Crippen molar-refractivity contribution in [2.24, 2.45) is 0 Å². The largest absolute Gasteiger partial charge is 0.478 e. The Kier molecular flexibility index (Phi) is 5.65. The highest BCUT2D eigenvalue weighted by atomic mass is 19.4. The Balaban J connectivity index is 1.54. The molecule has 4 aromatic rings. The van der Waals surface area contributed by atoms with Gasteiger partial charge in [-0.3, -0.25) is 4.79 Å². The summed E-state index contributed by atoms with van der Waals surface area (Å²) in [4.78, 5) is 34.9. The molecule has 0 aliphatic rings. The fraction of sp³-hybridized carbons (Fsp3) is 0.0435. The van der Waals surface area contributed by atoms with E-state index >= 15 is 0 Å². The Morgan fingerprint density at radius 1 is 1.06 bits per heavy atom. The second-order valence-corrected chi connectivity index (χ2v) is 6.98. The molecule has 0 saturated heterocycles. The number of amides is 1. The number of halogens is 3. The number of anilines is 1. The second-order valence-electron chi connectivity index (χ2n) is 6.98. The Morgan fingerprint density at radius 3 is 2.52 bits per heavy atom. The monoisotopic (exact) mass is 452 g/mol. The summed E-state index contributed by atoms with van der Waals surface area (Å²) < 4.78 is 37.9. The van der Waals surface area contributed by atoms with Gasteiger partial charge in [-0.15, -0.1) is 0 Å². The molecule has 0 aliphatic carbocycles. The highest BCUT2D eigenvalue weighted by Crippen LogP contribution is 2.30. The van der Waals surface area contributed by atoms with Gasteiger partial charge >= 0.3 is 12.1 Å². The van der Waals surface area contributed by atoms with Crippen molar-refractivity contribution >= 4 is 34.7 Å². The van der Waals surface area contributed by atoms with E-state index in [-0.39, 0.29) is 5.56 Å². The first-order chi connectivity index (χ1) is 15.7. The van der Waals surface area contributed by atoms with Crippen LogP contribution in [0.5, 0.6) is 0 Å². The fourth-order valence-corrected chi connectivity index (χ4v) is 3.23. The molecule has 0 atom stereocenters. The van der Waals surface area contributed by atoms with E-state index < -0.39 is 23.6 Å². The van der Waals surface area contributed by atoms with Crippen LogP contribution < -0.4 is 5.32 Å². The summed E-state index contributed by atoms with van der Waals surface area (Å²) in [5, 5.41) is 12.4. The van der Waals surface area contributed by atoms with Crippen molar-refractivity contribution in [2.45, 2.75) is 6.18 Å². The topological polar surface area (TPSA) is 108 Å². The Hall–Kier alpha value is -4.47. The molecule has 2 aromatic carbocycles. The normalized spacial score (nSPS) is 11.7. The molecule has 7 nitrogen and oxygen atoms in total. The number of carbonyl (C=O) groups excluding carboxylic acids is 1. The van der Waals surface area contributed by atoms with Gasteiger partial charge in [-0.1, -0.05) is 24.3 Å². The standard InChI is InChI=1S/C23H15F3N4O3/c24-23(25,26)15-7-4-13(5-8-15)6-9-18(31)30-16-3-1-2-14(10-16)20-19-17(22(32)33)11-27-21(19)29-12-28-20/h1-12H,(H,30,31)(H,32,33)(H,27,28,29)/b9-6+. The molecule has 0 unspecified atom stereocenters. The number of benzene rings is 2. The third-order valence-electron chi connectivity index (χ3n) is 4.77. The van der Waals surface area contributed by atoms with Crippen molar-refractivity contribution in [3.63, 3.8) is 0 Å². The van der Waals surface area contributed by atoms with Crippen molar-refractivity contribution in [3.05, 3.63) is 83.8 Å². The zero-order valence-electron chi connectivity index (χ0n) is 16.7. The minimum atomic E-state index is -4.43. The van der Waals surface area contributed by atoms with Gasteiger partial charge < -0.3 is 15.4 Å². The number of hydrogen-bond acceptors (Lipinski definition) is 4. The van der Waals surface area contributed by atoms with Crippen molar-refractivity contribution in [1.82, 2.24) is 15.0 Å². The molecule has 166 valence electrons. The number of nitrogens with zero attached hydrogens (tertiary/aromatic N) is 2. The van der Waals surface area contributed by atoms with Gasteiger partial charge in [0.05, 0.1) is 22.2 Å². The minimum Gasteiger partial charge on any atom is -0.478 e. The van der Waals surface area contributed by atoms with E-state index in [0.717, 1.165) is 12.1 Å². The number of nitrogens with one attached hydrogen (secondary N) is 2. The number of hydrogen-bond donors (Lipinski definition) is 3. The molecular weight excluding hydrogens is 437 g/mol. The SMILES string of the molecule is O=C(/C=C/c1ccc(C(F)(F)F)cc1)Nc1cccc(-c2ncnc3[nH]cc(C(=O)O)c23)c1. The first-order valence-electron chi connectivity index (χ1n) is 9.54. The summed E-state index contributed by atoms with van der Waals surface area (Å²) in [6, 6.07) is 11.1. The molecule has 3 N–H and O–H groups in total. The van der Waals surface area contributed by atoms with Gasteiger partial charge in [0.1, 0.15) is 12.0 Å². The number of carboxylic acid groups (broad SMARTS) is 1. The summed E-state index contributed by atoms with van der Waals surface area (Å²) in [5.74, 6) is -1.62. The van der Waals surface area contributed by atoms with Crippen LogP contribution in [0.4, 0.5) is 18.9 Å². The zero-order chi connectivity index (χ0) is 23.6. The van der Waals surface area contributed by atoms with Crippen LogP contribution in [-0.4, -0.2) is 31.9 Å². The molecule has 1 amide bonds. The fourth-order valence-electron chi connectivity index (χ4n) is 3.23. The second kappa shape index (κ2) is 8.58. The molecule has 0 saturated carbocycles. The van der Waals surface area contributed by atoms with Crippen molar-refractivity contribution < 1.29 is 27.9 Å². The lowest BCUT2D eigenvalue weighted by Gasteiger charge is -2.07. The lowest BCUT2D eigenvalue weighted by Crippen LogP contribution is -2.08. The van der Waals surface area contributed by atoms with Crippen LogP contribution in [0.25, 0.3) is 28.4 Å². The average Bonchev–Trinajstić information content (AvgIpc) is 3.22. The Morgan fingerprint density at radius 2 is 1.82 bits per heavy atom. The summed E-state index contributed by atoms with van der Waals surface area (Å²) in [7, 11) is 0. The quantitative estimate of drug-likeness (QED) is 0.370. The van der Waals surface area contributed by atoms with Crippen LogP contribution >= 0.6 is 0 Å². The van der Waals surface area contributed by atoms with Crippen molar-refractivity contribution in [2.75, 3.05) is 5.32 Å². The van der Waals surface area contributed by atoms with Crippen LogP contribution in [0.2, 0.25) is 0 Å². The highest BCUT2D eigenvalue weighted by Gasteiger charge is 2.29. The number of aromatic amines is 1. The molecular formula is C23H15F3N4O3. The van der Waals surface area contributed by atoms with E-state index in [9.17, 15) is 27.9 Å². The smallest absolute Gasteiger partial charge is 0.416 e. The van der Waals surface area contributed by atoms with Crippen LogP contribution in [0.1, 0.15) is 21.5 Å².